The van der Waals surface area contributed by atoms with Gasteiger partial charge in [-0.3, -0.25) is 9.89 Å². The van der Waals surface area contributed by atoms with Crippen molar-refractivity contribution in [1.82, 2.24) is 15.6 Å². The Kier molecular flexibility index (Phi) is 4.72. The summed E-state index contributed by atoms with van der Waals surface area (Å²) in [7, 11) is 1.62. The van der Waals surface area contributed by atoms with Gasteiger partial charge in [-0.15, -0.1) is 11.3 Å². The summed E-state index contributed by atoms with van der Waals surface area (Å²) in [5, 5.41) is 13.0. The zero-order valence-electron chi connectivity index (χ0n) is 13.2. The molecule has 0 aliphatic heterocycles. The van der Waals surface area contributed by atoms with Crippen LogP contribution in [0.3, 0.4) is 0 Å². The van der Waals surface area contributed by atoms with Gasteiger partial charge in [0.05, 0.1) is 23.4 Å². The monoisotopic (exact) mass is 340 g/mol. The number of hydrazone groups is 1. The Bertz CT molecular complexity index is 851. The van der Waals surface area contributed by atoms with E-state index in [4.69, 9.17) is 4.74 Å². The molecule has 0 atom stereocenters. The molecule has 1 amide bonds. The van der Waals surface area contributed by atoms with Crippen molar-refractivity contribution < 1.29 is 9.53 Å². The first-order chi connectivity index (χ1) is 11.7. The van der Waals surface area contributed by atoms with Crippen LogP contribution in [0.4, 0.5) is 0 Å². The van der Waals surface area contributed by atoms with Crippen LogP contribution < -0.4 is 10.2 Å². The highest BCUT2D eigenvalue weighted by molar-refractivity contribution is 7.13. The van der Waals surface area contributed by atoms with Gasteiger partial charge >= 0.3 is 0 Å². The van der Waals surface area contributed by atoms with Gasteiger partial charge in [0.2, 0.25) is 0 Å². The first-order valence-corrected chi connectivity index (χ1v) is 8.13. The Morgan fingerprint density at radius 3 is 2.75 bits per heavy atom. The molecular weight excluding hydrogens is 324 g/mol. The Morgan fingerprint density at radius 1 is 1.29 bits per heavy atom. The highest BCUT2D eigenvalue weighted by atomic mass is 32.1. The van der Waals surface area contributed by atoms with Crippen molar-refractivity contribution in [2.75, 3.05) is 7.11 Å². The van der Waals surface area contributed by atoms with E-state index in [9.17, 15) is 4.79 Å². The molecular formula is C17H16N4O2S. The highest BCUT2D eigenvalue weighted by Crippen LogP contribution is 2.22. The molecule has 0 unspecified atom stereocenters. The molecule has 3 aromatic rings. The van der Waals surface area contributed by atoms with E-state index in [1.54, 1.807) is 24.5 Å². The summed E-state index contributed by atoms with van der Waals surface area (Å²) < 4.78 is 5.12. The molecule has 0 saturated carbocycles. The van der Waals surface area contributed by atoms with Crippen LogP contribution in [-0.4, -0.2) is 28.9 Å². The summed E-state index contributed by atoms with van der Waals surface area (Å²) in [4.78, 5) is 13.2. The zero-order chi connectivity index (χ0) is 16.9. The average Bonchev–Trinajstić information content (AvgIpc) is 3.30. The largest absolute Gasteiger partial charge is 0.497 e. The number of ether oxygens (including phenoxy) is 1. The summed E-state index contributed by atoms with van der Waals surface area (Å²) in [6, 6.07) is 13.1. The maximum Gasteiger partial charge on any atom is 0.291 e. The lowest BCUT2D eigenvalue weighted by atomic mass is 10.1. The molecule has 2 heterocycles. The van der Waals surface area contributed by atoms with Gasteiger partial charge < -0.3 is 4.74 Å². The molecule has 2 N–H and O–H groups in total. The van der Waals surface area contributed by atoms with Crippen molar-refractivity contribution in [3.05, 3.63) is 59.1 Å². The van der Waals surface area contributed by atoms with Crippen LogP contribution >= 0.6 is 11.3 Å². The molecule has 0 aliphatic carbocycles. The van der Waals surface area contributed by atoms with Gasteiger partial charge in [-0.25, -0.2) is 5.43 Å². The Balaban J connectivity index is 1.68. The number of H-pyrrole nitrogens is 1. The van der Waals surface area contributed by atoms with Crippen LogP contribution in [0, 0.1) is 0 Å². The first-order valence-electron chi connectivity index (χ1n) is 7.25. The summed E-state index contributed by atoms with van der Waals surface area (Å²) in [5.74, 6) is 0.412. The predicted octanol–water partition coefficient (Wildman–Crippen LogP) is 3.30. The number of methoxy groups -OCH3 is 1. The maximum absolute atomic E-state index is 12.1. The number of aromatic nitrogens is 2. The molecule has 0 spiro atoms. The molecule has 0 fully saturated rings. The van der Waals surface area contributed by atoms with Crippen molar-refractivity contribution in [2.24, 2.45) is 5.10 Å². The second-order valence-electron chi connectivity index (χ2n) is 5.01. The smallest absolute Gasteiger partial charge is 0.291 e. The molecule has 7 heteroatoms. The van der Waals surface area contributed by atoms with Gasteiger partial charge in [0.25, 0.3) is 5.91 Å². The number of carbonyl (C=O) groups is 1. The molecule has 0 radical (unpaired) electrons. The Hall–Kier alpha value is -2.93. The summed E-state index contributed by atoms with van der Waals surface area (Å²) >= 11 is 1.58. The first kappa shape index (κ1) is 15.9. The number of hydrogen-bond acceptors (Lipinski definition) is 5. The van der Waals surface area contributed by atoms with E-state index in [2.05, 4.69) is 20.7 Å². The van der Waals surface area contributed by atoms with E-state index in [0.717, 1.165) is 21.9 Å². The van der Waals surface area contributed by atoms with E-state index in [1.807, 2.05) is 48.7 Å². The Labute approximate surface area is 143 Å². The molecule has 1 aromatic carbocycles. The number of carbonyl (C=O) groups excluding carboxylic acids is 1. The number of benzene rings is 1. The zero-order valence-corrected chi connectivity index (χ0v) is 14.1. The minimum absolute atomic E-state index is 0.296. The molecule has 24 heavy (non-hydrogen) atoms. The molecule has 0 saturated heterocycles. The third-order valence-corrected chi connectivity index (χ3v) is 4.33. The van der Waals surface area contributed by atoms with Crippen LogP contribution in [0.25, 0.3) is 10.6 Å². The number of nitrogens with one attached hydrogen (secondary N) is 2. The molecule has 6 nitrogen and oxygen atoms in total. The van der Waals surface area contributed by atoms with Crippen molar-refractivity contribution in [1.29, 1.82) is 0 Å². The number of nitrogens with zero attached hydrogens (tertiary/aromatic N) is 2. The fourth-order valence-electron chi connectivity index (χ4n) is 2.08. The fourth-order valence-corrected chi connectivity index (χ4v) is 2.78. The number of hydrogen-bond donors (Lipinski definition) is 2. The number of amides is 1. The number of thiophene rings is 1. The van der Waals surface area contributed by atoms with Crippen LogP contribution in [0.2, 0.25) is 0 Å². The second kappa shape index (κ2) is 7.10. The van der Waals surface area contributed by atoms with Crippen molar-refractivity contribution in [2.45, 2.75) is 6.92 Å². The highest BCUT2D eigenvalue weighted by Gasteiger charge is 2.11. The van der Waals surface area contributed by atoms with Gasteiger partial charge in [-0.05, 0) is 54.3 Å². The number of aromatic amines is 1. The van der Waals surface area contributed by atoms with E-state index in [1.165, 1.54) is 0 Å². The normalized spacial score (nSPS) is 11.3. The third-order valence-electron chi connectivity index (χ3n) is 3.43. The summed E-state index contributed by atoms with van der Waals surface area (Å²) in [5.41, 5.74) is 5.23. The van der Waals surface area contributed by atoms with E-state index < -0.39 is 0 Å². The van der Waals surface area contributed by atoms with Gasteiger partial charge in [0.1, 0.15) is 5.75 Å². The molecule has 2 aromatic heterocycles. The van der Waals surface area contributed by atoms with Crippen LogP contribution in [-0.2, 0) is 0 Å². The molecule has 3 rings (SSSR count). The maximum atomic E-state index is 12.1. The van der Waals surface area contributed by atoms with Crippen LogP contribution in [0.15, 0.2) is 52.9 Å². The molecule has 0 bridgehead atoms. The second-order valence-corrected chi connectivity index (χ2v) is 5.96. The standard InChI is InChI=1S/C17H16N4O2S/c1-11(12-5-7-13(23-2)8-6-12)18-21-17(22)15-10-14(19-20-15)16-4-3-9-24-16/h3-10H,1-2H3,(H,19,20)(H,21,22). The minimum atomic E-state index is -0.359. The Morgan fingerprint density at radius 2 is 2.08 bits per heavy atom. The van der Waals surface area contributed by atoms with E-state index in [-0.39, 0.29) is 5.91 Å². The van der Waals surface area contributed by atoms with Crippen LogP contribution in [0.1, 0.15) is 23.0 Å². The van der Waals surface area contributed by atoms with Gasteiger partial charge in [0, 0.05) is 0 Å². The van der Waals surface area contributed by atoms with E-state index in [0.29, 0.717) is 11.4 Å². The van der Waals surface area contributed by atoms with Crippen molar-refractivity contribution >= 4 is 23.0 Å². The van der Waals surface area contributed by atoms with E-state index >= 15 is 0 Å². The third kappa shape index (κ3) is 3.52. The quantitative estimate of drug-likeness (QED) is 0.552. The molecule has 122 valence electrons. The topological polar surface area (TPSA) is 79.4 Å². The minimum Gasteiger partial charge on any atom is -0.497 e. The SMILES string of the molecule is COc1ccc(C(C)=NNC(=O)c2cc(-c3cccs3)[nH]n2)cc1. The van der Waals surface area contributed by atoms with Gasteiger partial charge in [0.15, 0.2) is 5.69 Å². The van der Waals surface area contributed by atoms with Gasteiger partial charge in [-0.2, -0.15) is 10.2 Å². The predicted molar refractivity (Wildman–Crippen MR) is 94.6 cm³/mol. The summed E-state index contributed by atoms with van der Waals surface area (Å²) in [6.07, 6.45) is 0. The van der Waals surface area contributed by atoms with Crippen molar-refractivity contribution in [3.8, 4) is 16.3 Å². The fraction of sp³-hybridized carbons (Fsp3) is 0.118. The van der Waals surface area contributed by atoms with Crippen LogP contribution in [0.5, 0.6) is 5.75 Å². The molecule has 0 aliphatic rings. The average molecular weight is 340 g/mol. The summed E-state index contributed by atoms with van der Waals surface area (Å²) in [6.45, 7) is 1.82. The van der Waals surface area contributed by atoms with Crippen molar-refractivity contribution in [3.63, 3.8) is 0 Å². The lowest BCUT2D eigenvalue weighted by Gasteiger charge is -2.03. The van der Waals surface area contributed by atoms with Gasteiger partial charge in [-0.1, -0.05) is 6.07 Å². The lowest BCUT2D eigenvalue weighted by molar-refractivity contribution is 0.0950. The number of rotatable bonds is 5. The lowest BCUT2D eigenvalue weighted by Crippen LogP contribution is -2.19.